The second-order valence-electron chi connectivity index (χ2n) is 3.75. The van der Waals surface area contributed by atoms with Gasteiger partial charge in [-0.05, 0) is 18.6 Å². The third kappa shape index (κ3) is 1.11. The van der Waals surface area contributed by atoms with Gasteiger partial charge in [-0.25, -0.2) is 4.79 Å². The summed E-state index contributed by atoms with van der Waals surface area (Å²) in [4.78, 5) is 11.0. The SMILES string of the molecule is CC1(C(=O)O)Cc2cccc(O)c2N1. The van der Waals surface area contributed by atoms with E-state index in [-0.39, 0.29) is 5.75 Å². The molecule has 4 nitrogen and oxygen atoms in total. The Balaban J connectivity index is 2.44. The highest BCUT2D eigenvalue weighted by atomic mass is 16.4. The van der Waals surface area contributed by atoms with Gasteiger partial charge < -0.3 is 15.5 Å². The number of anilines is 1. The lowest BCUT2D eigenvalue weighted by atomic mass is 9.98. The van der Waals surface area contributed by atoms with Crippen molar-refractivity contribution in [3.05, 3.63) is 23.8 Å². The van der Waals surface area contributed by atoms with Gasteiger partial charge in [0.2, 0.25) is 0 Å². The van der Waals surface area contributed by atoms with Crippen LogP contribution in [0.25, 0.3) is 0 Å². The number of para-hydroxylation sites is 1. The predicted octanol–water partition coefficient (Wildman–Crippen LogP) is 1.20. The van der Waals surface area contributed by atoms with Crippen molar-refractivity contribution in [2.75, 3.05) is 5.32 Å². The van der Waals surface area contributed by atoms with Crippen LogP contribution in [0.15, 0.2) is 18.2 Å². The minimum atomic E-state index is -0.999. The van der Waals surface area contributed by atoms with Gasteiger partial charge in [-0.15, -0.1) is 0 Å². The number of phenolic OH excluding ortho intramolecular Hbond substituents is 1. The van der Waals surface area contributed by atoms with Crippen LogP contribution in [0.4, 0.5) is 5.69 Å². The van der Waals surface area contributed by atoms with E-state index in [1.807, 2.05) is 6.07 Å². The Morgan fingerprint density at radius 3 is 2.86 bits per heavy atom. The van der Waals surface area contributed by atoms with Crippen molar-refractivity contribution in [3.8, 4) is 5.75 Å². The Morgan fingerprint density at radius 2 is 2.29 bits per heavy atom. The van der Waals surface area contributed by atoms with Crippen molar-refractivity contribution in [1.29, 1.82) is 0 Å². The summed E-state index contributed by atoms with van der Waals surface area (Å²) in [6.45, 7) is 1.61. The normalized spacial score (nSPS) is 24.1. The molecule has 0 fully saturated rings. The summed E-state index contributed by atoms with van der Waals surface area (Å²) in [6, 6.07) is 5.07. The largest absolute Gasteiger partial charge is 0.506 e. The van der Waals surface area contributed by atoms with E-state index < -0.39 is 11.5 Å². The topological polar surface area (TPSA) is 69.6 Å². The lowest BCUT2D eigenvalue weighted by molar-refractivity contribution is -0.141. The number of carbonyl (C=O) groups is 1. The molecule has 1 atom stereocenters. The molecule has 0 spiro atoms. The van der Waals surface area contributed by atoms with Crippen molar-refractivity contribution >= 4 is 11.7 Å². The molecule has 1 aromatic rings. The number of carboxylic acid groups (broad SMARTS) is 1. The van der Waals surface area contributed by atoms with E-state index in [1.165, 1.54) is 0 Å². The van der Waals surface area contributed by atoms with Gasteiger partial charge in [0.25, 0.3) is 0 Å². The fourth-order valence-electron chi connectivity index (χ4n) is 1.71. The lowest BCUT2D eigenvalue weighted by Gasteiger charge is -2.18. The fourth-order valence-corrected chi connectivity index (χ4v) is 1.71. The van der Waals surface area contributed by atoms with Crippen molar-refractivity contribution in [3.63, 3.8) is 0 Å². The molecule has 14 heavy (non-hydrogen) atoms. The van der Waals surface area contributed by atoms with Gasteiger partial charge in [0.05, 0.1) is 5.69 Å². The monoisotopic (exact) mass is 193 g/mol. The van der Waals surface area contributed by atoms with E-state index in [4.69, 9.17) is 5.11 Å². The number of benzene rings is 1. The molecule has 0 saturated carbocycles. The van der Waals surface area contributed by atoms with E-state index in [2.05, 4.69) is 5.32 Å². The maximum atomic E-state index is 11.0. The van der Waals surface area contributed by atoms with Crippen LogP contribution in [-0.4, -0.2) is 21.7 Å². The molecule has 0 bridgehead atoms. The average Bonchev–Trinajstić information content (AvgIpc) is 2.45. The minimum Gasteiger partial charge on any atom is -0.506 e. The van der Waals surface area contributed by atoms with Gasteiger partial charge in [-0.3, -0.25) is 0 Å². The number of hydrogen-bond acceptors (Lipinski definition) is 3. The quantitative estimate of drug-likeness (QED) is 0.586. The van der Waals surface area contributed by atoms with E-state index in [0.717, 1.165) is 5.56 Å². The van der Waals surface area contributed by atoms with Crippen LogP contribution in [0.1, 0.15) is 12.5 Å². The highest BCUT2D eigenvalue weighted by molar-refractivity contribution is 5.87. The Kier molecular flexibility index (Phi) is 1.67. The number of fused-ring (bicyclic) bond motifs is 1. The van der Waals surface area contributed by atoms with E-state index in [1.54, 1.807) is 19.1 Å². The summed E-state index contributed by atoms with van der Waals surface area (Å²) in [5, 5.41) is 21.3. The zero-order chi connectivity index (χ0) is 10.3. The predicted molar refractivity (Wildman–Crippen MR) is 51.5 cm³/mol. The number of nitrogens with one attached hydrogen (secondary N) is 1. The molecule has 0 radical (unpaired) electrons. The molecule has 0 amide bonds. The van der Waals surface area contributed by atoms with Crippen LogP contribution in [0.3, 0.4) is 0 Å². The van der Waals surface area contributed by atoms with Crippen LogP contribution >= 0.6 is 0 Å². The van der Waals surface area contributed by atoms with Gasteiger partial charge in [-0.1, -0.05) is 12.1 Å². The first-order chi connectivity index (χ1) is 6.53. The Bertz CT molecular complexity index is 402. The molecule has 1 heterocycles. The number of phenols is 1. The molecule has 0 aromatic heterocycles. The van der Waals surface area contributed by atoms with Gasteiger partial charge in [0.1, 0.15) is 11.3 Å². The highest BCUT2D eigenvalue weighted by Gasteiger charge is 2.40. The standard InChI is InChI=1S/C10H11NO3/c1-10(9(13)14)5-6-3-2-4-7(12)8(6)11-10/h2-4,11-12H,5H2,1H3,(H,13,14). The summed E-state index contributed by atoms with van der Waals surface area (Å²) in [6.07, 6.45) is 0.395. The molecule has 2 rings (SSSR count). The maximum absolute atomic E-state index is 11.0. The van der Waals surface area contributed by atoms with Crippen LogP contribution in [0, 0.1) is 0 Å². The minimum absolute atomic E-state index is 0.104. The molecular weight excluding hydrogens is 182 g/mol. The van der Waals surface area contributed by atoms with E-state index in [0.29, 0.717) is 12.1 Å². The number of aliphatic carboxylic acids is 1. The van der Waals surface area contributed by atoms with E-state index >= 15 is 0 Å². The molecule has 74 valence electrons. The molecule has 0 aliphatic carbocycles. The van der Waals surface area contributed by atoms with Gasteiger partial charge in [0, 0.05) is 6.42 Å². The second-order valence-corrected chi connectivity index (χ2v) is 3.75. The van der Waals surface area contributed by atoms with Crippen LogP contribution in [0.5, 0.6) is 5.75 Å². The lowest BCUT2D eigenvalue weighted by Crippen LogP contribution is -2.41. The molecule has 0 saturated heterocycles. The van der Waals surface area contributed by atoms with Gasteiger partial charge in [-0.2, -0.15) is 0 Å². The Morgan fingerprint density at radius 1 is 1.57 bits per heavy atom. The summed E-state index contributed by atoms with van der Waals surface area (Å²) < 4.78 is 0. The number of hydrogen-bond donors (Lipinski definition) is 3. The summed E-state index contributed by atoms with van der Waals surface area (Å²) >= 11 is 0. The first-order valence-corrected chi connectivity index (χ1v) is 4.35. The van der Waals surface area contributed by atoms with Crippen molar-refractivity contribution in [1.82, 2.24) is 0 Å². The first-order valence-electron chi connectivity index (χ1n) is 4.35. The highest BCUT2D eigenvalue weighted by Crippen LogP contribution is 2.38. The smallest absolute Gasteiger partial charge is 0.329 e. The number of carboxylic acids is 1. The van der Waals surface area contributed by atoms with Crippen molar-refractivity contribution < 1.29 is 15.0 Å². The Labute approximate surface area is 81.2 Å². The molecule has 4 heteroatoms. The van der Waals surface area contributed by atoms with Gasteiger partial charge in [0.15, 0.2) is 0 Å². The fraction of sp³-hybridized carbons (Fsp3) is 0.300. The maximum Gasteiger partial charge on any atom is 0.329 e. The van der Waals surface area contributed by atoms with Crippen molar-refractivity contribution in [2.24, 2.45) is 0 Å². The second kappa shape index (κ2) is 2.64. The summed E-state index contributed by atoms with van der Waals surface area (Å²) in [5.74, 6) is -0.805. The van der Waals surface area contributed by atoms with Crippen molar-refractivity contribution in [2.45, 2.75) is 18.9 Å². The zero-order valence-electron chi connectivity index (χ0n) is 7.74. The number of aromatic hydroxyl groups is 1. The summed E-state index contributed by atoms with van der Waals surface area (Å²) in [5.41, 5.74) is 0.383. The first kappa shape index (κ1) is 8.87. The molecule has 1 unspecified atom stereocenters. The molecule has 3 N–H and O–H groups in total. The van der Waals surface area contributed by atoms with Crippen LogP contribution in [-0.2, 0) is 11.2 Å². The third-order valence-corrected chi connectivity index (χ3v) is 2.55. The molecular formula is C10H11NO3. The van der Waals surface area contributed by atoms with E-state index in [9.17, 15) is 9.90 Å². The van der Waals surface area contributed by atoms with Crippen LogP contribution < -0.4 is 5.32 Å². The third-order valence-electron chi connectivity index (χ3n) is 2.55. The summed E-state index contributed by atoms with van der Waals surface area (Å²) in [7, 11) is 0. The molecule has 1 aromatic carbocycles. The molecule has 1 aliphatic heterocycles. The van der Waals surface area contributed by atoms with Crippen LogP contribution in [0.2, 0.25) is 0 Å². The molecule has 1 aliphatic rings. The van der Waals surface area contributed by atoms with Gasteiger partial charge >= 0.3 is 5.97 Å². The Hall–Kier alpha value is -1.71. The number of rotatable bonds is 1. The average molecular weight is 193 g/mol. The zero-order valence-corrected chi connectivity index (χ0v) is 7.74.